The van der Waals surface area contributed by atoms with Gasteiger partial charge in [0.1, 0.15) is 6.10 Å². The highest BCUT2D eigenvalue weighted by atomic mass is 16.3. The number of nitrogens with one attached hydrogen (secondary N) is 2. The summed E-state index contributed by atoms with van der Waals surface area (Å²) >= 11 is 0. The molecule has 0 aromatic rings. The highest BCUT2D eigenvalue weighted by Crippen LogP contribution is 2.29. The highest BCUT2D eigenvalue weighted by molar-refractivity contribution is 5.79. The molecule has 1 rings (SSSR count). The Labute approximate surface area is 85.1 Å². The Morgan fingerprint density at radius 2 is 2.43 bits per heavy atom. The Hall–Kier alpha value is -0.610. The summed E-state index contributed by atoms with van der Waals surface area (Å²) in [7, 11) is 0. The molecule has 1 fully saturated rings. The Morgan fingerprint density at radius 1 is 1.79 bits per heavy atom. The molecule has 1 amide bonds. The van der Waals surface area contributed by atoms with Gasteiger partial charge in [0.25, 0.3) is 0 Å². The van der Waals surface area contributed by atoms with E-state index in [1.807, 2.05) is 0 Å². The maximum atomic E-state index is 11.2. The first kappa shape index (κ1) is 11.5. The predicted octanol–water partition coefficient (Wildman–Crippen LogP) is -0.271. The van der Waals surface area contributed by atoms with Gasteiger partial charge in [-0.05, 0) is 19.4 Å². The molecule has 14 heavy (non-hydrogen) atoms. The molecule has 1 saturated heterocycles. The first-order chi connectivity index (χ1) is 6.46. The second-order valence-electron chi connectivity index (χ2n) is 4.58. The SMILES string of the molecule is CC1CNCC1(C)CNC(=O)[C@H](C)O. The first-order valence-electron chi connectivity index (χ1n) is 5.12. The summed E-state index contributed by atoms with van der Waals surface area (Å²) in [4.78, 5) is 11.2. The molecule has 0 aromatic heterocycles. The maximum Gasteiger partial charge on any atom is 0.248 e. The Balaban J connectivity index is 2.40. The minimum absolute atomic E-state index is 0.116. The molecular weight excluding hydrogens is 180 g/mol. The number of carbonyl (C=O) groups excluding carboxylic acids is 1. The second kappa shape index (κ2) is 4.28. The molecule has 82 valence electrons. The molecule has 2 unspecified atom stereocenters. The topological polar surface area (TPSA) is 61.4 Å². The molecule has 1 heterocycles. The van der Waals surface area contributed by atoms with Gasteiger partial charge in [0, 0.05) is 18.5 Å². The van der Waals surface area contributed by atoms with Crippen molar-refractivity contribution >= 4 is 5.91 Å². The molecule has 0 aliphatic carbocycles. The van der Waals surface area contributed by atoms with Gasteiger partial charge in [-0.2, -0.15) is 0 Å². The number of hydrogen-bond donors (Lipinski definition) is 3. The molecule has 4 heteroatoms. The summed E-state index contributed by atoms with van der Waals surface area (Å²) in [6, 6.07) is 0. The van der Waals surface area contributed by atoms with Gasteiger partial charge in [-0.3, -0.25) is 4.79 Å². The summed E-state index contributed by atoms with van der Waals surface area (Å²) in [6.07, 6.45) is -0.914. The van der Waals surface area contributed by atoms with E-state index in [2.05, 4.69) is 24.5 Å². The fourth-order valence-corrected chi connectivity index (χ4v) is 1.67. The van der Waals surface area contributed by atoms with Crippen molar-refractivity contribution < 1.29 is 9.90 Å². The van der Waals surface area contributed by atoms with E-state index in [4.69, 9.17) is 5.11 Å². The minimum atomic E-state index is -0.914. The number of amides is 1. The van der Waals surface area contributed by atoms with Gasteiger partial charge in [0.05, 0.1) is 0 Å². The van der Waals surface area contributed by atoms with Crippen molar-refractivity contribution in [1.82, 2.24) is 10.6 Å². The van der Waals surface area contributed by atoms with Crippen LogP contribution < -0.4 is 10.6 Å². The van der Waals surface area contributed by atoms with E-state index in [0.717, 1.165) is 13.1 Å². The van der Waals surface area contributed by atoms with Gasteiger partial charge < -0.3 is 15.7 Å². The van der Waals surface area contributed by atoms with Crippen LogP contribution in [0.15, 0.2) is 0 Å². The van der Waals surface area contributed by atoms with E-state index in [1.54, 1.807) is 0 Å². The lowest BCUT2D eigenvalue weighted by Crippen LogP contribution is -2.43. The van der Waals surface area contributed by atoms with Crippen LogP contribution in [0.5, 0.6) is 0 Å². The molecule has 3 N–H and O–H groups in total. The largest absolute Gasteiger partial charge is 0.384 e. The summed E-state index contributed by atoms with van der Waals surface area (Å²) in [5.41, 5.74) is 0.116. The third-order valence-corrected chi connectivity index (χ3v) is 3.21. The fraction of sp³-hybridized carbons (Fsp3) is 0.900. The minimum Gasteiger partial charge on any atom is -0.384 e. The maximum absolute atomic E-state index is 11.2. The van der Waals surface area contributed by atoms with Crippen LogP contribution in [-0.4, -0.2) is 36.8 Å². The zero-order chi connectivity index (χ0) is 10.8. The van der Waals surface area contributed by atoms with E-state index in [9.17, 15) is 4.79 Å². The predicted molar refractivity (Wildman–Crippen MR) is 54.8 cm³/mol. The Bertz CT molecular complexity index is 218. The summed E-state index contributed by atoms with van der Waals surface area (Å²) in [5.74, 6) is 0.266. The molecule has 3 atom stereocenters. The van der Waals surface area contributed by atoms with E-state index >= 15 is 0 Å². The number of aliphatic hydroxyl groups excluding tert-OH is 1. The van der Waals surface area contributed by atoms with E-state index in [1.165, 1.54) is 6.92 Å². The molecule has 0 saturated carbocycles. The van der Waals surface area contributed by atoms with Crippen molar-refractivity contribution in [3.05, 3.63) is 0 Å². The molecule has 0 radical (unpaired) electrons. The Kier molecular flexibility index (Phi) is 3.50. The summed E-state index contributed by atoms with van der Waals surface area (Å²) in [6.45, 7) is 8.36. The Morgan fingerprint density at radius 3 is 2.86 bits per heavy atom. The third-order valence-electron chi connectivity index (χ3n) is 3.21. The molecule has 1 aliphatic rings. The summed E-state index contributed by atoms with van der Waals surface area (Å²) in [5, 5.41) is 15.1. The lowest BCUT2D eigenvalue weighted by molar-refractivity contribution is -0.129. The van der Waals surface area contributed by atoms with Crippen LogP contribution in [0.25, 0.3) is 0 Å². The number of hydrogen-bond acceptors (Lipinski definition) is 3. The van der Waals surface area contributed by atoms with Crippen molar-refractivity contribution in [3.8, 4) is 0 Å². The lowest BCUT2D eigenvalue weighted by Gasteiger charge is -2.28. The second-order valence-corrected chi connectivity index (χ2v) is 4.58. The standard InChI is InChI=1S/C10H20N2O2/c1-7-4-11-5-10(7,3)6-12-9(14)8(2)13/h7-8,11,13H,4-6H2,1-3H3,(H,12,14)/t7?,8-,10?/m0/s1. The van der Waals surface area contributed by atoms with Crippen molar-refractivity contribution in [2.75, 3.05) is 19.6 Å². The number of aliphatic hydroxyl groups is 1. The number of rotatable bonds is 3. The van der Waals surface area contributed by atoms with Gasteiger partial charge in [0.2, 0.25) is 5.91 Å². The average Bonchev–Trinajstić information content (AvgIpc) is 2.44. The third kappa shape index (κ3) is 2.45. The highest BCUT2D eigenvalue weighted by Gasteiger charge is 2.35. The monoisotopic (exact) mass is 200 g/mol. The zero-order valence-electron chi connectivity index (χ0n) is 9.13. The molecular formula is C10H20N2O2. The van der Waals surface area contributed by atoms with E-state index < -0.39 is 6.10 Å². The molecule has 0 aromatic carbocycles. The molecule has 0 bridgehead atoms. The molecule has 0 spiro atoms. The van der Waals surface area contributed by atoms with Crippen molar-refractivity contribution in [2.24, 2.45) is 11.3 Å². The molecule has 1 aliphatic heterocycles. The van der Waals surface area contributed by atoms with E-state index in [0.29, 0.717) is 12.5 Å². The fourth-order valence-electron chi connectivity index (χ4n) is 1.67. The number of carbonyl (C=O) groups is 1. The van der Waals surface area contributed by atoms with E-state index in [-0.39, 0.29) is 11.3 Å². The molecule has 4 nitrogen and oxygen atoms in total. The van der Waals surface area contributed by atoms with Crippen LogP contribution in [-0.2, 0) is 4.79 Å². The smallest absolute Gasteiger partial charge is 0.248 e. The van der Waals surface area contributed by atoms with Crippen LogP contribution in [0.2, 0.25) is 0 Å². The quantitative estimate of drug-likeness (QED) is 0.587. The van der Waals surface area contributed by atoms with Crippen LogP contribution in [0.3, 0.4) is 0 Å². The van der Waals surface area contributed by atoms with Gasteiger partial charge in [0.15, 0.2) is 0 Å². The van der Waals surface area contributed by atoms with Crippen molar-refractivity contribution in [3.63, 3.8) is 0 Å². The lowest BCUT2D eigenvalue weighted by atomic mass is 9.81. The van der Waals surface area contributed by atoms with Gasteiger partial charge in [-0.25, -0.2) is 0 Å². The average molecular weight is 200 g/mol. The summed E-state index contributed by atoms with van der Waals surface area (Å²) < 4.78 is 0. The van der Waals surface area contributed by atoms with Crippen LogP contribution in [0.4, 0.5) is 0 Å². The van der Waals surface area contributed by atoms with Crippen molar-refractivity contribution in [2.45, 2.75) is 26.9 Å². The first-order valence-corrected chi connectivity index (χ1v) is 5.12. The normalized spacial score (nSPS) is 34.1. The van der Waals surface area contributed by atoms with Crippen LogP contribution >= 0.6 is 0 Å². The van der Waals surface area contributed by atoms with Crippen molar-refractivity contribution in [1.29, 1.82) is 0 Å². The van der Waals surface area contributed by atoms with Crippen LogP contribution in [0, 0.1) is 11.3 Å². The van der Waals surface area contributed by atoms with Crippen LogP contribution in [0.1, 0.15) is 20.8 Å². The van der Waals surface area contributed by atoms with Gasteiger partial charge in [-0.1, -0.05) is 13.8 Å². The van der Waals surface area contributed by atoms with Gasteiger partial charge in [-0.15, -0.1) is 0 Å². The van der Waals surface area contributed by atoms with Gasteiger partial charge >= 0.3 is 0 Å². The zero-order valence-corrected chi connectivity index (χ0v) is 9.13.